The van der Waals surface area contributed by atoms with E-state index in [-0.39, 0.29) is 18.0 Å². The van der Waals surface area contributed by atoms with Crippen molar-refractivity contribution in [1.82, 2.24) is 9.78 Å². The minimum Gasteiger partial charge on any atom is -0.324 e. The van der Waals surface area contributed by atoms with Crippen molar-refractivity contribution in [2.24, 2.45) is 0 Å². The van der Waals surface area contributed by atoms with E-state index in [1.807, 2.05) is 25.1 Å². The first-order valence-electron chi connectivity index (χ1n) is 8.49. The number of aromatic nitrogens is 2. The van der Waals surface area contributed by atoms with Crippen molar-refractivity contribution >= 4 is 23.2 Å². The number of nitrogens with one attached hydrogen (secondary N) is 3. The Balaban J connectivity index is 1.77. The average Bonchev–Trinajstić information content (AvgIpc) is 2.65. The van der Waals surface area contributed by atoms with Crippen LogP contribution in [0.3, 0.4) is 0 Å². The third kappa shape index (κ3) is 4.61. The molecule has 0 bridgehead atoms. The number of carbonyl (C=O) groups is 2. The number of hydrogen-bond donors (Lipinski definition) is 3. The molecule has 0 aliphatic carbocycles. The Labute approximate surface area is 159 Å². The number of anilines is 2. The molecule has 142 valence electrons. The monoisotopic (exact) mass is 378 g/mol. The van der Waals surface area contributed by atoms with Gasteiger partial charge in [-0.05, 0) is 36.8 Å². The second-order valence-corrected chi connectivity index (χ2v) is 6.15. The van der Waals surface area contributed by atoms with E-state index in [0.29, 0.717) is 11.4 Å². The number of aryl methyl sites for hydroxylation is 1. The summed E-state index contributed by atoms with van der Waals surface area (Å²) in [5, 5.41) is 7.66. The van der Waals surface area contributed by atoms with Crippen LogP contribution >= 0.6 is 0 Å². The van der Waals surface area contributed by atoms with Crippen LogP contribution in [0.1, 0.15) is 15.9 Å². The molecule has 3 aromatic rings. The fourth-order valence-electron chi connectivity index (χ4n) is 2.62. The van der Waals surface area contributed by atoms with Crippen LogP contribution in [0.2, 0.25) is 0 Å². The SMILES string of the molecule is Cc1cccc(NC(=O)c2ccccc2NC(=O)Cn2[nH]c(=O)ccc2=O)c1. The standard InChI is InChI=1S/C20H18N4O4/c1-13-5-4-6-14(11-13)21-20(28)15-7-2-3-8-16(15)22-18(26)12-24-19(27)10-9-17(25)23-24/h2-11H,12H2,1H3,(H,21,28)(H,22,26)(H,23,25). The molecule has 2 amide bonds. The summed E-state index contributed by atoms with van der Waals surface area (Å²) in [6.07, 6.45) is 0. The first kappa shape index (κ1) is 18.8. The van der Waals surface area contributed by atoms with E-state index in [0.717, 1.165) is 22.4 Å². The van der Waals surface area contributed by atoms with E-state index >= 15 is 0 Å². The van der Waals surface area contributed by atoms with Gasteiger partial charge in [-0.2, -0.15) is 0 Å². The summed E-state index contributed by atoms with van der Waals surface area (Å²) in [4.78, 5) is 48.0. The minimum atomic E-state index is -0.556. The van der Waals surface area contributed by atoms with Crippen LogP contribution in [0.15, 0.2) is 70.3 Å². The maximum Gasteiger partial charge on any atom is 0.265 e. The summed E-state index contributed by atoms with van der Waals surface area (Å²) < 4.78 is 0.896. The third-order valence-electron chi connectivity index (χ3n) is 3.91. The molecule has 2 aromatic carbocycles. The quantitative estimate of drug-likeness (QED) is 0.627. The second-order valence-electron chi connectivity index (χ2n) is 6.15. The maximum atomic E-state index is 12.6. The Morgan fingerprint density at radius 2 is 1.75 bits per heavy atom. The number of aromatic amines is 1. The summed E-state index contributed by atoms with van der Waals surface area (Å²) in [7, 11) is 0. The Kier molecular flexibility index (Phi) is 5.50. The Morgan fingerprint density at radius 3 is 2.54 bits per heavy atom. The van der Waals surface area contributed by atoms with Gasteiger partial charge in [0.2, 0.25) is 5.91 Å². The molecule has 1 heterocycles. The number of nitrogens with zero attached hydrogens (tertiary/aromatic N) is 1. The predicted molar refractivity (Wildman–Crippen MR) is 106 cm³/mol. The van der Waals surface area contributed by atoms with Crippen LogP contribution in [0.4, 0.5) is 11.4 Å². The fourth-order valence-corrected chi connectivity index (χ4v) is 2.62. The average molecular weight is 378 g/mol. The lowest BCUT2D eigenvalue weighted by molar-refractivity contribution is -0.117. The highest BCUT2D eigenvalue weighted by atomic mass is 16.2. The number of hydrogen-bond acceptors (Lipinski definition) is 4. The molecule has 0 spiro atoms. The Morgan fingerprint density at radius 1 is 0.964 bits per heavy atom. The molecule has 0 radical (unpaired) electrons. The van der Waals surface area contributed by atoms with Crippen LogP contribution in [0.5, 0.6) is 0 Å². The van der Waals surface area contributed by atoms with Crippen molar-refractivity contribution in [2.45, 2.75) is 13.5 Å². The number of para-hydroxylation sites is 1. The van der Waals surface area contributed by atoms with Gasteiger partial charge in [-0.3, -0.25) is 24.3 Å². The number of carbonyl (C=O) groups excluding carboxylic acids is 2. The molecule has 8 nitrogen and oxygen atoms in total. The molecule has 0 saturated heterocycles. The Bertz CT molecular complexity index is 1150. The summed E-state index contributed by atoms with van der Waals surface area (Å²) >= 11 is 0. The van der Waals surface area contributed by atoms with E-state index < -0.39 is 17.0 Å². The fraction of sp³-hybridized carbons (Fsp3) is 0.100. The van der Waals surface area contributed by atoms with Gasteiger partial charge in [0.1, 0.15) is 6.54 Å². The molecule has 0 atom stereocenters. The second kappa shape index (κ2) is 8.17. The molecular weight excluding hydrogens is 360 g/mol. The van der Waals surface area contributed by atoms with Crippen molar-refractivity contribution in [2.75, 3.05) is 10.6 Å². The van der Waals surface area contributed by atoms with Crippen molar-refractivity contribution < 1.29 is 9.59 Å². The highest BCUT2D eigenvalue weighted by Crippen LogP contribution is 2.18. The van der Waals surface area contributed by atoms with Gasteiger partial charge < -0.3 is 10.6 Å². The molecule has 8 heteroatoms. The van der Waals surface area contributed by atoms with E-state index in [1.54, 1.807) is 30.3 Å². The predicted octanol–water partition coefficient (Wildman–Crippen LogP) is 1.74. The molecule has 0 aliphatic rings. The lowest BCUT2D eigenvalue weighted by Gasteiger charge is -2.12. The number of amides is 2. The first-order chi connectivity index (χ1) is 13.4. The van der Waals surface area contributed by atoms with Gasteiger partial charge >= 0.3 is 0 Å². The molecule has 0 saturated carbocycles. The van der Waals surface area contributed by atoms with Crippen molar-refractivity contribution in [3.8, 4) is 0 Å². The van der Waals surface area contributed by atoms with E-state index in [4.69, 9.17) is 0 Å². The third-order valence-corrected chi connectivity index (χ3v) is 3.91. The largest absolute Gasteiger partial charge is 0.324 e. The van der Waals surface area contributed by atoms with Crippen molar-refractivity contribution in [1.29, 1.82) is 0 Å². The normalized spacial score (nSPS) is 10.3. The van der Waals surface area contributed by atoms with Gasteiger partial charge in [-0.15, -0.1) is 0 Å². The topological polar surface area (TPSA) is 113 Å². The molecule has 0 aliphatic heterocycles. The summed E-state index contributed by atoms with van der Waals surface area (Å²) in [6.45, 7) is 1.53. The van der Waals surface area contributed by atoms with E-state index in [9.17, 15) is 19.2 Å². The highest BCUT2D eigenvalue weighted by Gasteiger charge is 2.14. The lowest BCUT2D eigenvalue weighted by Crippen LogP contribution is -2.33. The summed E-state index contributed by atoms with van der Waals surface area (Å²) in [6, 6.07) is 16.0. The highest BCUT2D eigenvalue weighted by molar-refractivity contribution is 6.10. The van der Waals surface area contributed by atoms with Crippen molar-refractivity contribution in [3.05, 3.63) is 92.5 Å². The van der Waals surface area contributed by atoms with Crippen LogP contribution in [-0.4, -0.2) is 21.6 Å². The number of H-pyrrole nitrogens is 1. The minimum absolute atomic E-state index is 0.270. The van der Waals surface area contributed by atoms with Gasteiger partial charge in [0.25, 0.3) is 17.0 Å². The van der Waals surface area contributed by atoms with Crippen LogP contribution in [0.25, 0.3) is 0 Å². The van der Waals surface area contributed by atoms with Gasteiger partial charge in [-0.1, -0.05) is 24.3 Å². The van der Waals surface area contributed by atoms with Crippen LogP contribution in [0, 0.1) is 6.92 Å². The van der Waals surface area contributed by atoms with E-state index in [1.165, 1.54) is 0 Å². The number of benzene rings is 2. The van der Waals surface area contributed by atoms with Gasteiger partial charge in [0.05, 0.1) is 11.3 Å². The molecule has 0 unspecified atom stereocenters. The maximum absolute atomic E-state index is 12.6. The molecule has 3 rings (SSSR count). The molecule has 3 N–H and O–H groups in total. The molecule has 1 aromatic heterocycles. The lowest BCUT2D eigenvalue weighted by atomic mass is 10.1. The molecule has 0 fully saturated rings. The smallest absolute Gasteiger partial charge is 0.265 e. The zero-order chi connectivity index (χ0) is 20.1. The first-order valence-corrected chi connectivity index (χ1v) is 8.49. The van der Waals surface area contributed by atoms with Crippen LogP contribution < -0.4 is 21.8 Å². The van der Waals surface area contributed by atoms with Gasteiger partial charge in [-0.25, -0.2) is 4.68 Å². The van der Waals surface area contributed by atoms with E-state index in [2.05, 4.69) is 15.7 Å². The Hall–Kier alpha value is -3.94. The number of rotatable bonds is 5. The van der Waals surface area contributed by atoms with Crippen molar-refractivity contribution in [3.63, 3.8) is 0 Å². The molecule has 28 heavy (non-hydrogen) atoms. The van der Waals surface area contributed by atoms with Gasteiger partial charge in [0.15, 0.2) is 0 Å². The summed E-state index contributed by atoms with van der Waals surface area (Å²) in [5.41, 5.74) is 1.20. The zero-order valence-electron chi connectivity index (χ0n) is 15.1. The molecular formula is C20H18N4O4. The summed E-state index contributed by atoms with van der Waals surface area (Å²) in [5.74, 6) is -0.938. The van der Waals surface area contributed by atoms with Crippen LogP contribution in [-0.2, 0) is 11.3 Å². The zero-order valence-corrected chi connectivity index (χ0v) is 15.1. The van der Waals surface area contributed by atoms with Gasteiger partial charge in [0, 0.05) is 17.8 Å².